The van der Waals surface area contributed by atoms with Gasteiger partial charge in [0.2, 0.25) is 0 Å². The Hall–Kier alpha value is -1.22. The highest BCUT2D eigenvalue weighted by atomic mass is 35.5. The van der Waals surface area contributed by atoms with E-state index in [1.165, 1.54) is 0 Å². The first-order valence-electron chi connectivity index (χ1n) is 4.28. The summed E-state index contributed by atoms with van der Waals surface area (Å²) in [5.41, 5.74) is 0.929. The maximum Gasteiger partial charge on any atom is 0.305 e. The van der Waals surface area contributed by atoms with Crippen molar-refractivity contribution in [1.82, 2.24) is 0 Å². The Kier molecular flexibility index (Phi) is 3.77. The second-order valence-corrected chi connectivity index (χ2v) is 3.48. The summed E-state index contributed by atoms with van der Waals surface area (Å²) in [6.45, 7) is 0.482. The summed E-state index contributed by atoms with van der Waals surface area (Å²) in [7, 11) is 1.84. The molecule has 0 saturated heterocycles. The zero-order chi connectivity index (χ0) is 10.6. The number of anilines is 1. The molecule has 0 aliphatic rings. The summed E-state index contributed by atoms with van der Waals surface area (Å²) in [6.07, 6.45) is 0.128. The van der Waals surface area contributed by atoms with E-state index in [9.17, 15) is 4.79 Å². The number of hydrogen-bond donors (Lipinski definition) is 1. The summed E-state index contributed by atoms with van der Waals surface area (Å²) in [5.74, 6) is -0.793. The maximum atomic E-state index is 10.3. The van der Waals surface area contributed by atoms with E-state index in [1.807, 2.05) is 30.1 Å². The first-order chi connectivity index (χ1) is 6.59. The van der Waals surface area contributed by atoms with Crippen LogP contribution in [0.2, 0.25) is 5.02 Å². The molecule has 1 N–H and O–H groups in total. The Morgan fingerprint density at radius 1 is 1.57 bits per heavy atom. The first kappa shape index (κ1) is 10.9. The van der Waals surface area contributed by atoms with Gasteiger partial charge in [-0.3, -0.25) is 4.79 Å². The van der Waals surface area contributed by atoms with Gasteiger partial charge in [-0.05, 0) is 18.2 Å². The van der Waals surface area contributed by atoms with Gasteiger partial charge in [-0.15, -0.1) is 0 Å². The van der Waals surface area contributed by atoms with E-state index >= 15 is 0 Å². The molecule has 0 atom stereocenters. The lowest BCUT2D eigenvalue weighted by molar-refractivity contribution is -0.136. The number of carboxylic acid groups (broad SMARTS) is 1. The van der Waals surface area contributed by atoms with Crippen LogP contribution >= 0.6 is 11.6 Å². The second kappa shape index (κ2) is 4.86. The minimum absolute atomic E-state index is 0.128. The van der Waals surface area contributed by atoms with Crippen molar-refractivity contribution >= 4 is 23.3 Å². The lowest BCUT2D eigenvalue weighted by Crippen LogP contribution is -2.20. The molecule has 0 heterocycles. The van der Waals surface area contributed by atoms with Crippen LogP contribution in [-0.2, 0) is 4.79 Å². The number of aliphatic carboxylic acids is 1. The fraction of sp³-hybridized carbons (Fsp3) is 0.300. The average molecular weight is 214 g/mol. The fourth-order valence-electron chi connectivity index (χ4n) is 1.11. The van der Waals surface area contributed by atoms with Crippen molar-refractivity contribution in [3.8, 4) is 0 Å². The monoisotopic (exact) mass is 213 g/mol. The van der Waals surface area contributed by atoms with Crippen molar-refractivity contribution in [2.45, 2.75) is 6.42 Å². The molecule has 0 aromatic heterocycles. The minimum atomic E-state index is -0.793. The molecule has 76 valence electrons. The molecular formula is C10H12ClNO2. The summed E-state index contributed by atoms with van der Waals surface area (Å²) >= 11 is 5.81. The Balaban J connectivity index is 2.60. The Morgan fingerprint density at radius 2 is 2.29 bits per heavy atom. The highest BCUT2D eigenvalue weighted by Crippen LogP contribution is 2.18. The van der Waals surface area contributed by atoms with Crippen molar-refractivity contribution in [2.24, 2.45) is 0 Å². The Labute approximate surface area is 87.9 Å². The van der Waals surface area contributed by atoms with E-state index in [0.717, 1.165) is 5.69 Å². The highest BCUT2D eigenvalue weighted by molar-refractivity contribution is 6.30. The van der Waals surface area contributed by atoms with Gasteiger partial charge >= 0.3 is 5.97 Å². The predicted molar refractivity (Wildman–Crippen MR) is 57.0 cm³/mol. The van der Waals surface area contributed by atoms with Crippen LogP contribution in [0, 0.1) is 0 Å². The molecular weight excluding hydrogens is 202 g/mol. The summed E-state index contributed by atoms with van der Waals surface area (Å²) in [5, 5.41) is 9.17. The molecule has 0 aliphatic heterocycles. The van der Waals surface area contributed by atoms with Crippen LogP contribution in [0.3, 0.4) is 0 Å². The molecule has 1 aromatic carbocycles. The van der Waals surface area contributed by atoms with Gasteiger partial charge in [-0.2, -0.15) is 0 Å². The molecule has 0 aliphatic carbocycles. The van der Waals surface area contributed by atoms with E-state index in [0.29, 0.717) is 11.6 Å². The van der Waals surface area contributed by atoms with Crippen LogP contribution in [0.1, 0.15) is 6.42 Å². The van der Waals surface area contributed by atoms with Gasteiger partial charge < -0.3 is 10.0 Å². The van der Waals surface area contributed by atoms with E-state index in [-0.39, 0.29) is 6.42 Å². The third kappa shape index (κ3) is 3.26. The molecule has 0 radical (unpaired) electrons. The lowest BCUT2D eigenvalue weighted by Gasteiger charge is -2.18. The molecule has 1 aromatic rings. The molecule has 0 saturated carbocycles. The third-order valence-electron chi connectivity index (χ3n) is 1.91. The molecule has 3 nitrogen and oxygen atoms in total. The number of carbonyl (C=O) groups is 1. The first-order valence-corrected chi connectivity index (χ1v) is 4.66. The van der Waals surface area contributed by atoms with Crippen LogP contribution < -0.4 is 4.90 Å². The van der Waals surface area contributed by atoms with Crippen LogP contribution in [0.4, 0.5) is 5.69 Å². The van der Waals surface area contributed by atoms with E-state index in [4.69, 9.17) is 16.7 Å². The van der Waals surface area contributed by atoms with Gasteiger partial charge in [0.15, 0.2) is 0 Å². The normalized spacial score (nSPS) is 9.86. The molecule has 14 heavy (non-hydrogen) atoms. The van der Waals surface area contributed by atoms with Crippen molar-refractivity contribution in [3.63, 3.8) is 0 Å². The quantitative estimate of drug-likeness (QED) is 0.834. The SMILES string of the molecule is CN(CCC(=O)O)c1cccc(Cl)c1. The van der Waals surface area contributed by atoms with Crippen molar-refractivity contribution in [2.75, 3.05) is 18.5 Å². The topological polar surface area (TPSA) is 40.5 Å². The number of benzene rings is 1. The van der Waals surface area contributed by atoms with Crippen LogP contribution in [0.25, 0.3) is 0 Å². The van der Waals surface area contributed by atoms with Crippen molar-refractivity contribution < 1.29 is 9.90 Å². The smallest absolute Gasteiger partial charge is 0.305 e. The largest absolute Gasteiger partial charge is 0.481 e. The Bertz CT molecular complexity index is 328. The Morgan fingerprint density at radius 3 is 2.86 bits per heavy atom. The van der Waals surface area contributed by atoms with Crippen LogP contribution in [0.5, 0.6) is 0 Å². The van der Waals surface area contributed by atoms with Gasteiger partial charge in [-0.1, -0.05) is 17.7 Å². The van der Waals surface area contributed by atoms with E-state index in [1.54, 1.807) is 6.07 Å². The number of nitrogens with zero attached hydrogens (tertiary/aromatic N) is 1. The molecule has 0 spiro atoms. The number of halogens is 1. The predicted octanol–water partition coefficient (Wildman–Crippen LogP) is 2.25. The van der Waals surface area contributed by atoms with Gasteiger partial charge in [0.1, 0.15) is 0 Å². The highest BCUT2D eigenvalue weighted by Gasteiger charge is 2.03. The van der Waals surface area contributed by atoms with Crippen LogP contribution in [-0.4, -0.2) is 24.7 Å². The minimum Gasteiger partial charge on any atom is -0.481 e. The average Bonchev–Trinajstić information content (AvgIpc) is 2.14. The van der Waals surface area contributed by atoms with Gasteiger partial charge in [0.05, 0.1) is 6.42 Å². The van der Waals surface area contributed by atoms with Gasteiger partial charge in [-0.25, -0.2) is 0 Å². The maximum absolute atomic E-state index is 10.3. The molecule has 0 fully saturated rings. The third-order valence-corrected chi connectivity index (χ3v) is 2.15. The fourth-order valence-corrected chi connectivity index (χ4v) is 1.29. The lowest BCUT2D eigenvalue weighted by atomic mass is 10.3. The molecule has 1 rings (SSSR count). The standard InChI is InChI=1S/C10H12ClNO2/c1-12(6-5-10(13)14)9-4-2-3-8(11)7-9/h2-4,7H,5-6H2,1H3,(H,13,14). The van der Waals surface area contributed by atoms with Gasteiger partial charge in [0.25, 0.3) is 0 Å². The number of rotatable bonds is 4. The zero-order valence-electron chi connectivity index (χ0n) is 7.90. The summed E-state index contributed by atoms with van der Waals surface area (Å²) in [6, 6.07) is 7.34. The molecule has 0 amide bonds. The van der Waals surface area contributed by atoms with Gasteiger partial charge in [0, 0.05) is 24.3 Å². The molecule has 0 bridgehead atoms. The summed E-state index contributed by atoms with van der Waals surface area (Å²) in [4.78, 5) is 12.2. The molecule has 0 unspecified atom stereocenters. The van der Waals surface area contributed by atoms with Crippen molar-refractivity contribution in [3.05, 3.63) is 29.3 Å². The van der Waals surface area contributed by atoms with E-state index in [2.05, 4.69) is 0 Å². The summed E-state index contributed by atoms with van der Waals surface area (Å²) < 4.78 is 0. The second-order valence-electron chi connectivity index (χ2n) is 3.05. The van der Waals surface area contributed by atoms with E-state index < -0.39 is 5.97 Å². The number of hydrogen-bond acceptors (Lipinski definition) is 2. The zero-order valence-corrected chi connectivity index (χ0v) is 8.66. The van der Waals surface area contributed by atoms with Crippen LogP contribution in [0.15, 0.2) is 24.3 Å². The number of carboxylic acids is 1. The molecule has 4 heteroatoms. The van der Waals surface area contributed by atoms with Crippen molar-refractivity contribution in [1.29, 1.82) is 0 Å².